The Balaban J connectivity index is 2.63. The zero-order valence-corrected chi connectivity index (χ0v) is 9.28. The van der Waals surface area contributed by atoms with Crippen molar-refractivity contribution in [3.63, 3.8) is 0 Å². The molecule has 18 heavy (non-hydrogen) atoms. The maximum atomic E-state index is 11.8. The van der Waals surface area contributed by atoms with E-state index in [1.54, 1.807) is 6.07 Å². The van der Waals surface area contributed by atoms with Gasteiger partial charge in [0.1, 0.15) is 5.75 Å². The van der Waals surface area contributed by atoms with E-state index in [-0.39, 0.29) is 5.56 Å². The Morgan fingerprint density at radius 3 is 2.50 bits per heavy atom. The van der Waals surface area contributed by atoms with Crippen LogP contribution in [0.3, 0.4) is 0 Å². The molecule has 0 heterocycles. The van der Waals surface area contributed by atoms with Crippen LogP contribution in [0, 0.1) is 0 Å². The molecule has 98 valence electrons. The summed E-state index contributed by atoms with van der Waals surface area (Å²) in [6.45, 7) is -0.967. The van der Waals surface area contributed by atoms with Gasteiger partial charge in [0.2, 0.25) is 0 Å². The van der Waals surface area contributed by atoms with Crippen molar-refractivity contribution in [3.05, 3.63) is 29.8 Å². The summed E-state index contributed by atoms with van der Waals surface area (Å²) in [5, 5.41) is 0. The molecule has 0 aliphatic heterocycles. The summed E-state index contributed by atoms with van der Waals surface area (Å²) in [6, 6.07) is 5.78. The molecule has 0 N–H and O–H groups in total. The first kappa shape index (κ1) is 14.0. The van der Waals surface area contributed by atoms with Crippen molar-refractivity contribution >= 4 is 11.8 Å². The maximum absolute atomic E-state index is 11.8. The van der Waals surface area contributed by atoms with Crippen molar-refractivity contribution in [2.45, 2.75) is 6.18 Å². The highest BCUT2D eigenvalue weighted by molar-refractivity contribution is 5.98. The Morgan fingerprint density at radius 2 is 1.94 bits per heavy atom. The average Bonchev–Trinajstić information content (AvgIpc) is 2.34. The second-order valence-corrected chi connectivity index (χ2v) is 3.23. The quantitative estimate of drug-likeness (QED) is 0.615. The van der Waals surface area contributed by atoms with Crippen LogP contribution in [-0.4, -0.2) is 31.6 Å². The van der Waals surface area contributed by atoms with Crippen LogP contribution in [0.5, 0.6) is 5.75 Å². The lowest BCUT2D eigenvalue weighted by Gasteiger charge is -2.07. The summed E-state index contributed by atoms with van der Waals surface area (Å²) in [5.41, 5.74) is 0.101. The van der Waals surface area contributed by atoms with Crippen LogP contribution in [0.2, 0.25) is 0 Å². The molecule has 0 unspecified atom stereocenters. The monoisotopic (exact) mass is 262 g/mol. The SMILES string of the molecule is COc1cccc(C(=O)COC(=O)C(F)(F)F)c1. The molecule has 0 aromatic heterocycles. The van der Waals surface area contributed by atoms with Crippen LogP contribution in [0.1, 0.15) is 10.4 Å². The topological polar surface area (TPSA) is 52.6 Å². The smallest absolute Gasteiger partial charge is 0.490 e. The molecular formula is C11H9F3O4. The molecule has 0 aliphatic carbocycles. The van der Waals surface area contributed by atoms with Gasteiger partial charge in [-0.15, -0.1) is 0 Å². The number of halogens is 3. The van der Waals surface area contributed by atoms with Gasteiger partial charge in [0.25, 0.3) is 0 Å². The van der Waals surface area contributed by atoms with Gasteiger partial charge in [-0.25, -0.2) is 4.79 Å². The fourth-order valence-electron chi connectivity index (χ4n) is 1.09. The standard InChI is InChI=1S/C11H9F3O4/c1-17-8-4-2-3-7(5-8)9(15)6-18-10(16)11(12,13)14/h2-5H,6H2,1H3. The molecule has 1 aromatic carbocycles. The number of ketones is 1. The molecule has 0 atom stereocenters. The molecule has 0 amide bonds. The number of rotatable bonds is 4. The van der Waals surface area contributed by atoms with Gasteiger partial charge in [-0.2, -0.15) is 13.2 Å². The summed E-state index contributed by atoms with van der Waals surface area (Å²) in [5.74, 6) is -2.76. The summed E-state index contributed by atoms with van der Waals surface area (Å²) >= 11 is 0. The van der Waals surface area contributed by atoms with Crippen LogP contribution in [0.4, 0.5) is 13.2 Å². The maximum Gasteiger partial charge on any atom is 0.490 e. The number of carbonyl (C=O) groups is 2. The molecule has 1 rings (SSSR count). The molecule has 0 saturated heterocycles. The van der Waals surface area contributed by atoms with E-state index in [0.29, 0.717) is 5.75 Å². The Kier molecular flexibility index (Phi) is 4.30. The molecule has 0 fully saturated rings. The largest absolute Gasteiger partial charge is 0.497 e. The van der Waals surface area contributed by atoms with Gasteiger partial charge in [-0.1, -0.05) is 12.1 Å². The number of benzene rings is 1. The minimum Gasteiger partial charge on any atom is -0.497 e. The highest BCUT2D eigenvalue weighted by Gasteiger charge is 2.41. The molecule has 0 spiro atoms. The lowest BCUT2D eigenvalue weighted by atomic mass is 10.1. The molecule has 0 radical (unpaired) electrons. The first-order chi connectivity index (χ1) is 8.34. The Morgan fingerprint density at radius 1 is 1.28 bits per heavy atom. The normalized spacial score (nSPS) is 10.9. The second kappa shape index (κ2) is 5.52. The predicted octanol–water partition coefficient (Wildman–Crippen LogP) is 1.98. The summed E-state index contributed by atoms with van der Waals surface area (Å²) < 4.78 is 44.1. The third kappa shape index (κ3) is 3.76. The van der Waals surface area contributed by atoms with Gasteiger partial charge in [0.15, 0.2) is 12.4 Å². The van der Waals surface area contributed by atoms with Crippen molar-refractivity contribution in [1.82, 2.24) is 0 Å². The Labute approximate surface area is 100 Å². The van der Waals surface area contributed by atoms with Gasteiger partial charge < -0.3 is 9.47 Å². The van der Waals surface area contributed by atoms with E-state index in [0.717, 1.165) is 0 Å². The van der Waals surface area contributed by atoms with E-state index in [1.807, 2.05) is 0 Å². The van der Waals surface area contributed by atoms with Crippen molar-refractivity contribution in [3.8, 4) is 5.75 Å². The molecule has 0 saturated carbocycles. The first-order valence-electron chi connectivity index (χ1n) is 4.76. The van der Waals surface area contributed by atoms with Crippen molar-refractivity contribution < 1.29 is 32.2 Å². The van der Waals surface area contributed by atoms with Gasteiger partial charge in [-0.3, -0.25) is 4.79 Å². The van der Waals surface area contributed by atoms with E-state index < -0.39 is 24.5 Å². The third-order valence-electron chi connectivity index (χ3n) is 1.96. The number of hydrogen-bond donors (Lipinski definition) is 0. The van der Waals surface area contributed by atoms with Gasteiger partial charge in [-0.05, 0) is 12.1 Å². The Hall–Kier alpha value is -2.05. The van der Waals surface area contributed by atoms with Crippen LogP contribution in [0.25, 0.3) is 0 Å². The number of ether oxygens (including phenoxy) is 2. The van der Waals surface area contributed by atoms with E-state index >= 15 is 0 Å². The molecule has 0 bridgehead atoms. The fourth-order valence-corrected chi connectivity index (χ4v) is 1.09. The zero-order chi connectivity index (χ0) is 13.8. The van der Waals surface area contributed by atoms with Crippen LogP contribution in [0.15, 0.2) is 24.3 Å². The van der Waals surface area contributed by atoms with Crippen molar-refractivity contribution in [2.24, 2.45) is 0 Å². The summed E-state index contributed by atoms with van der Waals surface area (Å²) in [4.78, 5) is 21.8. The minimum absolute atomic E-state index is 0.101. The van der Waals surface area contributed by atoms with Crippen LogP contribution < -0.4 is 4.74 Å². The molecular weight excluding hydrogens is 253 g/mol. The zero-order valence-electron chi connectivity index (χ0n) is 9.28. The van der Waals surface area contributed by atoms with Gasteiger partial charge >= 0.3 is 12.1 Å². The average molecular weight is 262 g/mol. The van der Waals surface area contributed by atoms with E-state index in [1.165, 1.54) is 25.3 Å². The van der Waals surface area contributed by atoms with E-state index in [9.17, 15) is 22.8 Å². The number of esters is 1. The van der Waals surface area contributed by atoms with Gasteiger partial charge in [0.05, 0.1) is 7.11 Å². The first-order valence-corrected chi connectivity index (χ1v) is 4.76. The lowest BCUT2D eigenvalue weighted by molar-refractivity contribution is -0.198. The molecule has 1 aromatic rings. The molecule has 0 aliphatic rings. The number of carbonyl (C=O) groups excluding carboxylic acids is 2. The molecule has 4 nitrogen and oxygen atoms in total. The number of methoxy groups -OCH3 is 1. The third-order valence-corrected chi connectivity index (χ3v) is 1.96. The molecule has 7 heteroatoms. The van der Waals surface area contributed by atoms with Crippen molar-refractivity contribution in [1.29, 1.82) is 0 Å². The van der Waals surface area contributed by atoms with E-state index in [4.69, 9.17) is 4.74 Å². The van der Waals surface area contributed by atoms with Crippen LogP contribution in [-0.2, 0) is 9.53 Å². The van der Waals surface area contributed by atoms with E-state index in [2.05, 4.69) is 4.74 Å². The number of hydrogen-bond acceptors (Lipinski definition) is 4. The minimum atomic E-state index is -5.10. The number of Topliss-reactive ketones (excluding diaryl/α,β-unsaturated/α-hetero) is 1. The predicted molar refractivity (Wildman–Crippen MR) is 54.3 cm³/mol. The highest BCUT2D eigenvalue weighted by atomic mass is 19.4. The van der Waals surface area contributed by atoms with Crippen molar-refractivity contribution in [2.75, 3.05) is 13.7 Å². The number of alkyl halides is 3. The summed E-state index contributed by atoms with van der Waals surface area (Å²) in [7, 11) is 1.38. The summed E-state index contributed by atoms with van der Waals surface area (Å²) in [6.07, 6.45) is -5.10. The highest BCUT2D eigenvalue weighted by Crippen LogP contribution is 2.17. The fraction of sp³-hybridized carbons (Fsp3) is 0.273. The lowest BCUT2D eigenvalue weighted by Crippen LogP contribution is -2.27. The Bertz CT molecular complexity index is 454. The van der Waals surface area contributed by atoms with Gasteiger partial charge in [0, 0.05) is 5.56 Å². The second-order valence-electron chi connectivity index (χ2n) is 3.23. The van der Waals surface area contributed by atoms with Crippen LogP contribution >= 0.6 is 0 Å².